The predicted octanol–water partition coefficient (Wildman–Crippen LogP) is -0.401. The van der Waals surface area contributed by atoms with Crippen molar-refractivity contribution in [3.05, 3.63) is 38.0 Å². The number of nitrogens with zero attached hydrogens (tertiary/aromatic N) is 12. The lowest BCUT2D eigenvalue weighted by Crippen LogP contribution is -2.37. The van der Waals surface area contributed by atoms with Crippen LogP contribution in [0.4, 0.5) is 17.5 Å². The number of hydrogen-bond acceptors (Lipinski definition) is 25. The maximum absolute atomic E-state index is 12.2. The van der Waals surface area contributed by atoms with Gasteiger partial charge in [0.25, 0.3) is 0 Å². The molecule has 0 amide bonds. The highest BCUT2D eigenvalue weighted by Crippen LogP contribution is 2.54. The molecule has 362 valence electrons. The Bertz CT molecular complexity index is 2930. The fourth-order valence-corrected chi connectivity index (χ4v) is 11.7. The molecule has 3 aliphatic rings. The van der Waals surface area contributed by atoms with Gasteiger partial charge in [-0.1, -0.05) is 0 Å². The quantitative estimate of drug-likeness (QED) is 0.0539. The van der Waals surface area contributed by atoms with Crippen molar-refractivity contribution in [3.8, 4) is 0 Å². The van der Waals surface area contributed by atoms with E-state index in [-0.39, 0.29) is 64.3 Å². The van der Waals surface area contributed by atoms with Gasteiger partial charge in [0, 0.05) is 26.4 Å². The number of methoxy groups -OCH3 is 1. The molecule has 3 fully saturated rings. The highest BCUT2D eigenvalue weighted by Gasteiger charge is 2.52. The minimum atomic E-state index is -4.34. The van der Waals surface area contributed by atoms with Gasteiger partial charge in [-0.25, -0.2) is 44.9 Å². The number of nitrogens with two attached hydrogens (primary N) is 3. The second-order valence-electron chi connectivity index (χ2n) is 15.8. The highest BCUT2D eigenvalue weighted by atomic mass is 32.5. The number of imidazole rings is 3. The van der Waals surface area contributed by atoms with Gasteiger partial charge in [0.05, 0.1) is 38.3 Å². The molecule has 0 bridgehead atoms. The third-order valence-corrected chi connectivity index (χ3v) is 15.5. The average Bonchev–Trinajstić information content (AvgIpc) is 4.13. The predicted molar refractivity (Wildman–Crippen MR) is 238 cm³/mol. The fourth-order valence-electron chi connectivity index (χ4n) is 8.08. The Hall–Kier alpha value is -3.94. The van der Waals surface area contributed by atoms with Gasteiger partial charge in [-0.2, -0.15) is 0 Å². The Kier molecular flexibility index (Phi) is 13.5. The summed E-state index contributed by atoms with van der Waals surface area (Å²) in [4.78, 5) is 70.6. The number of nitrogen functional groups attached to an aromatic ring is 3. The summed E-state index contributed by atoms with van der Waals surface area (Å²) >= 11 is 11.0. The SMILES string of the molecule is CO[C@H]1[C@@H](OP(O)(=S)OC[C@H]2O[C@@H](n3cnc4c(N)ncnc43)[C@H](O)[C@@H]2O)[C@H](n2cnc3c(N)ncnc32)O[C@@H]1COP(O)(=S)O[C@@H]1C[C@@H](CCP(C)(=O)O)O[C@H]1n1cnc2c(N)ncnc21. The van der Waals surface area contributed by atoms with E-state index in [0.29, 0.717) is 5.65 Å². The summed E-state index contributed by atoms with van der Waals surface area (Å²) in [5.74, 6) is 0.268. The van der Waals surface area contributed by atoms with E-state index >= 15 is 0 Å². The van der Waals surface area contributed by atoms with Gasteiger partial charge in [-0.15, -0.1) is 0 Å². The first-order valence-corrected chi connectivity index (χ1v) is 27.5. The minimum absolute atomic E-state index is 0.0453. The van der Waals surface area contributed by atoms with Crippen LogP contribution in [0.1, 0.15) is 31.5 Å². The molecule has 29 nitrogen and oxygen atoms in total. The summed E-state index contributed by atoms with van der Waals surface area (Å²) in [6, 6.07) is 0. The number of ether oxygens (including phenoxy) is 4. The second-order valence-corrected chi connectivity index (χ2v) is 23.9. The van der Waals surface area contributed by atoms with Gasteiger partial charge in [-0.3, -0.25) is 22.8 Å². The molecule has 3 aliphatic heterocycles. The van der Waals surface area contributed by atoms with E-state index in [0.717, 1.165) is 0 Å². The highest BCUT2D eigenvalue weighted by molar-refractivity contribution is 8.07. The van der Waals surface area contributed by atoms with Crippen LogP contribution in [0.3, 0.4) is 0 Å². The second kappa shape index (κ2) is 18.8. The first kappa shape index (κ1) is 48.1. The number of aliphatic hydroxyl groups is 2. The van der Waals surface area contributed by atoms with Crippen LogP contribution in [-0.4, -0.2) is 165 Å². The molecule has 3 unspecified atom stereocenters. The normalized spacial score (nSPS) is 30.6. The molecule has 11 N–H and O–H groups in total. The van der Waals surface area contributed by atoms with Crippen LogP contribution in [0.25, 0.3) is 33.5 Å². The topological polar surface area (TPSA) is 401 Å². The molecule has 67 heavy (non-hydrogen) atoms. The first-order chi connectivity index (χ1) is 31.8. The third kappa shape index (κ3) is 9.81. The van der Waals surface area contributed by atoms with Crippen molar-refractivity contribution in [2.24, 2.45) is 0 Å². The Morgan fingerprint density at radius 1 is 0.672 bits per heavy atom. The zero-order valence-electron chi connectivity index (χ0n) is 35.0. The summed E-state index contributed by atoms with van der Waals surface area (Å²) in [6.07, 6.45) is -4.88. The minimum Gasteiger partial charge on any atom is -0.387 e. The molecule has 0 aliphatic carbocycles. The van der Waals surface area contributed by atoms with E-state index in [1.54, 1.807) is 0 Å². The maximum Gasteiger partial charge on any atom is 0.325 e. The van der Waals surface area contributed by atoms with E-state index in [1.165, 1.54) is 65.4 Å². The van der Waals surface area contributed by atoms with Crippen LogP contribution in [-0.2, 0) is 65.2 Å². The number of aromatic nitrogens is 12. The summed E-state index contributed by atoms with van der Waals surface area (Å²) < 4.78 is 64.9. The molecule has 0 spiro atoms. The average molecular weight is 1030 g/mol. The smallest absolute Gasteiger partial charge is 0.325 e. The van der Waals surface area contributed by atoms with Crippen LogP contribution in [0, 0.1) is 0 Å². The van der Waals surface area contributed by atoms with Gasteiger partial charge < -0.3 is 74.6 Å². The number of hydrogen-bond donors (Lipinski definition) is 8. The zero-order valence-corrected chi connectivity index (χ0v) is 39.3. The molecule has 3 saturated heterocycles. The van der Waals surface area contributed by atoms with Crippen molar-refractivity contribution in [1.82, 2.24) is 58.6 Å². The third-order valence-electron chi connectivity index (χ3n) is 11.2. The van der Waals surface area contributed by atoms with Gasteiger partial charge in [0.1, 0.15) is 78.3 Å². The monoisotopic (exact) mass is 1030 g/mol. The lowest BCUT2D eigenvalue weighted by molar-refractivity contribution is -0.0583. The Labute approximate surface area is 387 Å². The molecule has 0 radical (unpaired) electrons. The van der Waals surface area contributed by atoms with Gasteiger partial charge in [0.15, 0.2) is 60.4 Å². The number of anilines is 3. The van der Waals surface area contributed by atoms with Crippen molar-refractivity contribution < 1.29 is 66.5 Å². The van der Waals surface area contributed by atoms with Crippen LogP contribution in [0.5, 0.6) is 0 Å². The Morgan fingerprint density at radius 2 is 1.15 bits per heavy atom. The van der Waals surface area contributed by atoms with Crippen molar-refractivity contribution in [2.45, 2.75) is 80.4 Å². The van der Waals surface area contributed by atoms with Gasteiger partial charge >= 0.3 is 13.4 Å². The molecule has 9 heterocycles. The summed E-state index contributed by atoms with van der Waals surface area (Å²) in [6.45, 7) is -8.36. The van der Waals surface area contributed by atoms with Crippen LogP contribution >= 0.6 is 20.8 Å². The van der Waals surface area contributed by atoms with Crippen LogP contribution in [0.2, 0.25) is 0 Å². The van der Waals surface area contributed by atoms with Crippen molar-refractivity contribution in [1.29, 1.82) is 0 Å². The molecule has 34 heteroatoms. The number of fused-ring (bicyclic) bond motifs is 3. The maximum atomic E-state index is 12.2. The van der Waals surface area contributed by atoms with Gasteiger partial charge in [-0.05, 0) is 30.0 Å². The van der Waals surface area contributed by atoms with Gasteiger partial charge in [0.2, 0.25) is 0 Å². The van der Waals surface area contributed by atoms with Crippen molar-refractivity contribution in [3.63, 3.8) is 0 Å². The Balaban J connectivity index is 0.922. The van der Waals surface area contributed by atoms with Crippen molar-refractivity contribution >= 4 is 95.4 Å². The number of rotatable bonds is 17. The fraction of sp³-hybridized carbons (Fsp3) is 0.545. The first-order valence-electron chi connectivity index (χ1n) is 20.1. The molecule has 0 aromatic carbocycles. The molecule has 6 aromatic heterocycles. The van der Waals surface area contributed by atoms with Crippen LogP contribution in [0.15, 0.2) is 38.0 Å². The summed E-state index contributed by atoms with van der Waals surface area (Å²) in [7, 11) is -2.08. The van der Waals surface area contributed by atoms with E-state index in [1.807, 2.05) is 0 Å². The molecular weight excluding hydrogens is 988 g/mol. The molecule has 9 rings (SSSR count). The molecule has 0 saturated carbocycles. The summed E-state index contributed by atoms with van der Waals surface area (Å²) in [5.41, 5.74) is 19.5. The zero-order chi connectivity index (χ0) is 47.6. The Morgan fingerprint density at radius 3 is 1.67 bits per heavy atom. The molecular formula is C33H44N15O14P3S2. The molecule has 6 aromatic rings. The van der Waals surface area contributed by atoms with E-state index in [4.69, 9.17) is 77.9 Å². The number of aliphatic hydroxyl groups excluding tert-OH is 2. The van der Waals surface area contributed by atoms with Crippen LogP contribution < -0.4 is 17.2 Å². The van der Waals surface area contributed by atoms with E-state index in [2.05, 4.69) is 44.9 Å². The standard InChI is InChI=1S/C33H44N15O14P3S2/c1-55-23-17(7-57-64(53,66)61-15-5-14(3-4-63(2,51)52)58-31(15)46-11-43-18-25(34)37-8-40-28(18)46)60-33(48-13-45-20-27(36)39-10-42-30(20)48)24(23)62-65(54,67)56-6-16-21(49)22(50)32(59-16)47-12-44-19-26(35)38-9-41-29(19)47/h8-17,21-24,31-33,49-50H,3-7H2,1-2H3,(H,51,52)(H,53,66)(H,54,67)(H2,34,37,40)(H2,35,38,41)(H2,36,39,42)/t14-,15-,16-,17-,21-,22-,23-,24-,31-,32-,33-,64?,65?/m1/s1. The molecule has 14 atom stereocenters. The largest absolute Gasteiger partial charge is 0.387 e. The van der Waals surface area contributed by atoms with Crippen molar-refractivity contribution in [2.75, 3.05) is 50.4 Å². The van der Waals surface area contributed by atoms with E-state index in [9.17, 15) is 29.5 Å². The lowest BCUT2D eigenvalue weighted by atomic mass is 10.1. The summed E-state index contributed by atoms with van der Waals surface area (Å²) in [5, 5.41) is 22.0. The van der Waals surface area contributed by atoms with E-state index < -0.39 is 102 Å². The lowest BCUT2D eigenvalue weighted by Gasteiger charge is -2.28.